The van der Waals surface area contributed by atoms with Gasteiger partial charge in [0.15, 0.2) is 0 Å². The molecule has 2 heterocycles. The lowest BCUT2D eigenvalue weighted by molar-refractivity contribution is 0.0698. The maximum Gasteiger partial charge on any atom is 0.337 e. The standard InChI is InChI=1S/C14H19NO3Si/c1-4-19(5-2,6-3)12-10-7-8-18-13(10)15-9-11(12)14(16)17/h7-9H,4-6H2,1-3H3,(H,16,17). The summed E-state index contributed by atoms with van der Waals surface area (Å²) in [6, 6.07) is 4.95. The van der Waals surface area contributed by atoms with E-state index in [1.807, 2.05) is 6.07 Å². The van der Waals surface area contributed by atoms with Crippen molar-refractivity contribution in [3.8, 4) is 0 Å². The van der Waals surface area contributed by atoms with E-state index in [2.05, 4.69) is 25.8 Å². The number of aromatic nitrogens is 1. The van der Waals surface area contributed by atoms with Gasteiger partial charge in [0, 0.05) is 11.6 Å². The molecule has 0 radical (unpaired) electrons. The summed E-state index contributed by atoms with van der Waals surface area (Å²) >= 11 is 0. The van der Waals surface area contributed by atoms with Gasteiger partial charge in [0.2, 0.25) is 5.71 Å². The van der Waals surface area contributed by atoms with E-state index in [1.165, 1.54) is 6.20 Å². The quantitative estimate of drug-likeness (QED) is 0.852. The number of aromatic carboxylic acids is 1. The molecule has 0 aliphatic rings. The molecule has 0 aliphatic carbocycles. The van der Waals surface area contributed by atoms with Crippen LogP contribution in [-0.2, 0) is 0 Å². The zero-order chi connectivity index (χ0) is 14.0. The highest BCUT2D eigenvalue weighted by atomic mass is 28.3. The van der Waals surface area contributed by atoms with E-state index in [4.69, 9.17) is 4.42 Å². The van der Waals surface area contributed by atoms with Crippen molar-refractivity contribution >= 4 is 30.3 Å². The smallest absolute Gasteiger partial charge is 0.337 e. The average Bonchev–Trinajstić information content (AvgIpc) is 2.89. The monoisotopic (exact) mass is 277 g/mol. The Balaban J connectivity index is 2.84. The number of furan rings is 1. The molecule has 0 aliphatic heterocycles. The van der Waals surface area contributed by atoms with Gasteiger partial charge < -0.3 is 9.52 Å². The lowest BCUT2D eigenvalue weighted by atomic mass is 10.2. The van der Waals surface area contributed by atoms with Crippen LogP contribution in [0.4, 0.5) is 0 Å². The van der Waals surface area contributed by atoms with Crippen LogP contribution >= 0.6 is 0 Å². The molecule has 0 aromatic carbocycles. The summed E-state index contributed by atoms with van der Waals surface area (Å²) in [6.45, 7) is 6.49. The van der Waals surface area contributed by atoms with Crippen molar-refractivity contribution in [2.45, 2.75) is 38.9 Å². The molecule has 4 nitrogen and oxygen atoms in total. The Morgan fingerprint density at radius 3 is 2.47 bits per heavy atom. The Kier molecular flexibility index (Phi) is 3.75. The second-order valence-electron chi connectivity index (χ2n) is 4.83. The Morgan fingerprint density at radius 2 is 1.95 bits per heavy atom. The number of fused-ring (bicyclic) bond motifs is 1. The molecular formula is C14H19NO3Si. The van der Waals surface area contributed by atoms with Crippen molar-refractivity contribution in [1.29, 1.82) is 0 Å². The summed E-state index contributed by atoms with van der Waals surface area (Å²) in [5, 5.41) is 11.4. The molecule has 2 aromatic rings. The summed E-state index contributed by atoms with van der Waals surface area (Å²) in [6.07, 6.45) is 3.04. The third-order valence-electron chi connectivity index (χ3n) is 4.29. The molecule has 0 saturated carbocycles. The zero-order valence-electron chi connectivity index (χ0n) is 11.6. The second-order valence-corrected chi connectivity index (χ2v) is 10.0. The van der Waals surface area contributed by atoms with Crippen molar-refractivity contribution in [3.05, 3.63) is 24.1 Å². The van der Waals surface area contributed by atoms with Gasteiger partial charge in [-0.2, -0.15) is 0 Å². The first-order valence-corrected chi connectivity index (χ1v) is 9.31. The first kappa shape index (κ1) is 13.8. The Morgan fingerprint density at radius 1 is 1.32 bits per heavy atom. The van der Waals surface area contributed by atoms with E-state index in [9.17, 15) is 9.90 Å². The average molecular weight is 277 g/mol. The van der Waals surface area contributed by atoms with E-state index in [-0.39, 0.29) is 0 Å². The molecule has 19 heavy (non-hydrogen) atoms. The Hall–Kier alpha value is -1.62. The van der Waals surface area contributed by atoms with Crippen molar-refractivity contribution in [2.24, 2.45) is 0 Å². The number of carboxylic acids is 1. The minimum atomic E-state index is -1.81. The summed E-state index contributed by atoms with van der Waals surface area (Å²) in [7, 11) is -1.81. The maximum atomic E-state index is 11.5. The number of carbonyl (C=O) groups is 1. The fourth-order valence-electron chi connectivity index (χ4n) is 2.94. The highest BCUT2D eigenvalue weighted by Gasteiger charge is 2.35. The lowest BCUT2D eigenvalue weighted by Gasteiger charge is -2.30. The molecule has 0 bridgehead atoms. The Labute approximate surface area is 113 Å². The first-order valence-electron chi connectivity index (χ1n) is 6.69. The predicted octanol–water partition coefficient (Wildman–Crippen LogP) is 3.24. The van der Waals surface area contributed by atoms with Gasteiger partial charge in [-0.05, 0) is 11.3 Å². The fraction of sp³-hybridized carbons (Fsp3) is 0.429. The van der Waals surface area contributed by atoms with Gasteiger partial charge in [-0.15, -0.1) is 0 Å². The topological polar surface area (TPSA) is 63.3 Å². The van der Waals surface area contributed by atoms with Crippen LogP contribution in [0.2, 0.25) is 18.1 Å². The normalized spacial score (nSPS) is 11.9. The summed E-state index contributed by atoms with van der Waals surface area (Å²) in [4.78, 5) is 15.6. The molecule has 0 unspecified atom stereocenters. The van der Waals surface area contributed by atoms with Crippen molar-refractivity contribution in [1.82, 2.24) is 4.98 Å². The number of hydrogen-bond donors (Lipinski definition) is 1. The van der Waals surface area contributed by atoms with Crippen LogP contribution in [0.1, 0.15) is 31.1 Å². The third kappa shape index (κ3) is 2.08. The van der Waals surface area contributed by atoms with E-state index < -0.39 is 14.0 Å². The van der Waals surface area contributed by atoms with Crippen LogP contribution < -0.4 is 5.19 Å². The fourth-order valence-corrected chi connectivity index (χ4v) is 7.00. The van der Waals surface area contributed by atoms with Crippen LogP contribution in [0.15, 0.2) is 22.9 Å². The van der Waals surface area contributed by atoms with E-state index in [0.717, 1.165) is 28.7 Å². The number of rotatable bonds is 5. The molecule has 1 N–H and O–H groups in total. The molecule has 102 valence electrons. The van der Waals surface area contributed by atoms with Crippen LogP contribution in [-0.4, -0.2) is 24.1 Å². The summed E-state index contributed by atoms with van der Waals surface area (Å²) < 4.78 is 5.34. The largest absolute Gasteiger partial charge is 0.478 e. The number of carboxylic acid groups (broad SMARTS) is 1. The molecule has 0 atom stereocenters. The predicted molar refractivity (Wildman–Crippen MR) is 77.8 cm³/mol. The molecule has 0 saturated heterocycles. The maximum absolute atomic E-state index is 11.5. The number of nitrogens with zero attached hydrogens (tertiary/aromatic N) is 1. The highest BCUT2D eigenvalue weighted by molar-refractivity contribution is 6.94. The lowest BCUT2D eigenvalue weighted by Crippen LogP contribution is -2.48. The molecular weight excluding hydrogens is 258 g/mol. The van der Waals surface area contributed by atoms with Crippen molar-refractivity contribution in [2.75, 3.05) is 0 Å². The highest BCUT2D eigenvalue weighted by Crippen LogP contribution is 2.26. The Bertz CT molecular complexity index is 593. The molecule has 0 spiro atoms. The first-order chi connectivity index (χ1) is 9.09. The molecule has 0 fully saturated rings. The van der Waals surface area contributed by atoms with Gasteiger partial charge in [0.05, 0.1) is 19.9 Å². The van der Waals surface area contributed by atoms with Gasteiger partial charge in [0.25, 0.3) is 0 Å². The SMILES string of the molecule is CC[Si](CC)(CC)c1c(C(=O)O)cnc2occc12. The molecule has 5 heteroatoms. The molecule has 0 amide bonds. The van der Waals surface area contributed by atoms with Gasteiger partial charge in [-0.3, -0.25) is 0 Å². The number of hydrogen-bond acceptors (Lipinski definition) is 3. The van der Waals surface area contributed by atoms with E-state index >= 15 is 0 Å². The molecule has 2 aromatic heterocycles. The minimum absolute atomic E-state index is 0.353. The van der Waals surface area contributed by atoms with Crippen LogP contribution in [0.25, 0.3) is 11.1 Å². The van der Waals surface area contributed by atoms with Crippen molar-refractivity contribution in [3.63, 3.8) is 0 Å². The number of pyridine rings is 1. The van der Waals surface area contributed by atoms with Crippen molar-refractivity contribution < 1.29 is 14.3 Å². The van der Waals surface area contributed by atoms with Crippen LogP contribution in [0.3, 0.4) is 0 Å². The summed E-state index contributed by atoms with van der Waals surface area (Å²) in [5.74, 6) is -0.891. The third-order valence-corrected chi connectivity index (χ3v) is 9.95. The molecule has 2 rings (SSSR count). The van der Waals surface area contributed by atoms with E-state index in [1.54, 1.807) is 6.26 Å². The van der Waals surface area contributed by atoms with Crippen LogP contribution in [0.5, 0.6) is 0 Å². The minimum Gasteiger partial charge on any atom is -0.478 e. The van der Waals surface area contributed by atoms with Crippen LogP contribution in [0, 0.1) is 0 Å². The van der Waals surface area contributed by atoms with Gasteiger partial charge in [-0.1, -0.05) is 38.9 Å². The summed E-state index contributed by atoms with van der Waals surface area (Å²) in [5.41, 5.74) is 0.901. The van der Waals surface area contributed by atoms with Gasteiger partial charge in [0.1, 0.15) is 0 Å². The van der Waals surface area contributed by atoms with Gasteiger partial charge in [-0.25, -0.2) is 9.78 Å². The second kappa shape index (κ2) is 5.17. The van der Waals surface area contributed by atoms with Gasteiger partial charge >= 0.3 is 5.97 Å². The van der Waals surface area contributed by atoms with E-state index in [0.29, 0.717) is 11.3 Å². The zero-order valence-corrected chi connectivity index (χ0v) is 12.6.